The maximum absolute atomic E-state index is 13.9. The minimum Gasteiger partial charge on any atom is -0.491 e. The number of hydrogen-bond acceptors (Lipinski definition) is 6. The molecule has 1 N–H and O–H groups in total. The first kappa shape index (κ1) is 29.6. The SMILES string of the molecule is CCCc1nc(C)c(-c2ccc(OC(C)C)cc2)c(=O)n1Cc1ccc(-c2ccccc2-c2noc(=O)[nH]2)cc1.Cl. The average Bonchev–Trinajstić information content (AvgIpc) is 3.38. The number of ether oxygens (including phenoxy) is 1. The fourth-order valence-electron chi connectivity index (χ4n) is 4.86. The number of benzene rings is 3. The molecule has 0 saturated carbocycles. The highest BCUT2D eigenvalue weighted by atomic mass is 35.5. The molecule has 0 amide bonds. The van der Waals surface area contributed by atoms with E-state index in [1.165, 1.54) is 0 Å². The van der Waals surface area contributed by atoms with Crippen molar-refractivity contribution in [1.29, 1.82) is 0 Å². The van der Waals surface area contributed by atoms with Crippen LogP contribution < -0.4 is 16.1 Å². The molecule has 0 aliphatic rings. The number of hydrogen-bond donors (Lipinski definition) is 1. The number of nitrogens with zero attached hydrogens (tertiary/aromatic N) is 3. The minimum absolute atomic E-state index is 0. The van der Waals surface area contributed by atoms with Gasteiger partial charge in [-0.3, -0.25) is 18.9 Å². The fourth-order valence-corrected chi connectivity index (χ4v) is 4.86. The van der Waals surface area contributed by atoms with Crippen molar-refractivity contribution in [2.75, 3.05) is 0 Å². The standard InChI is InChI=1S/C32H32N4O4.ClH/c1-5-8-28-33-21(4)29(24-15-17-25(18-16-24)39-20(2)3)31(37)36(28)19-22-11-13-23(14-12-22)26-9-6-7-10-27(26)30-34-32(38)40-35-30;/h6-7,9-18,20H,5,8,19H2,1-4H3,(H,34,35,38);1H. The summed E-state index contributed by atoms with van der Waals surface area (Å²) in [6.07, 6.45) is 1.66. The Morgan fingerprint density at radius 2 is 1.59 bits per heavy atom. The second kappa shape index (κ2) is 12.8. The number of H-pyrrole nitrogens is 1. The van der Waals surface area contributed by atoms with Gasteiger partial charge in [-0.05, 0) is 61.6 Å². The van der Waals surface area contributed by atoms with E-state index in [-0.39, 0.29) is 24.1 Å². The number of aromatic amines is 1. The molecule has 0 aliphatic carbocycles. The fraction of sp³-hybridized carbons (Fsp3) is 0.250. The molecule has 212 valence electrons. The van der Waals surface area contributed by atoms with Crippen LogP contribution in [-0.2, 0) is 13.0 Å². The largest absolute Gasteiger partial charge is 0.491 e. The zero-order valence-corrected chi connectivity index (χ0v) is 24.3. The van der Waals surface area contributed by atoms with E-state index in [1.807, 2.05) is 93.6 Å². The smallest absolute Gasteiger partial charge is 0.439 e. The molecule has 0 bridgehead atoms. The second-order valence-electron chi connectivity index (χ2n) is 10.0. The monoisotopic (exact) mass is 572 g/mol. The summed E-state index contributed by atoms with van der Waals surface area (Å²) < 4.78 is 12.3. The average molecular weight is 573 g/mol. The molecule has 5 rings (SSSR count). The molecule has 0 saturated heterocycles. The van der Waals surface area contributed by atoms with Crippen molar-refractivity contribution in [2.45, 2.75) is 53.2 Å². The summed E-state index contributed by atoms with van der Waals surface area (Å²) in [5, 5.41) is 3.84. The lowest BCUT2D eigenvalue weighted by Crippen LogP contribution is -2.28. The van der Waals surface area contributed by atoms with E-state index in [0.29, 0.717) is 24.4 Å². The third kappa shape index (κ3) is 6.49. The van der Waals surface area contributed by atoms with Gasteiger partial charge in [0.15, 0.2) is 5.82 Å². The highest BCUT2D eigenvalue weighted by Gasteiger charge is 2.17. The van der Waals surface area contributed by atoms with E-state index in [1.54, 1.807) is 4.57 Å². The van der Waals surface area contributed by atoms with Crippen LogP contribution in [0, 0.1) is 6.92 Å². The Kier molecular flexibility index (Phi) is 9.24. The van der Waals surface area contributed by atoms with Crippen LogP contribution in [0.3, 0.4) is 0 Å². The molecule has 41 heavy (non-hydrogen) atoms. The second-order valence-corrected chi connectivity index (χ2v) is 10.0. The van der Waals surface area contributed by atoms with Crippen LogP contribution >= 0.6 is 12.4 Å². The van der Waals surface area contributed by atoms with E-state index in [2.05, 4.69) is 17.1 Å². The molecule has 0 atom stereocenters. The summed E-state index contributed by atoms with van der Waals surface area (Å²) in [4.78, 5) is 32.9. The Balaban J connectivity index is 0.00000387. The summed E-state index contributed by atoms with van der Waals surface area (Å²) >= 11 is 0. The first-order valence-electron chi connectivity index (χ1n) is 13.5. The first-order valence-corrected chi connectivity index (χ1v) is 13.5. The molecule has 0 fully saturated rings. The molecule has 9 heteroatoms. The van der Waals surface area contributed by atoms with Gasteiger partial charge in [0.05, 0.1) is 23.9 Å². The molecular weight excluding hydrogens is 540 g/mol. The van der Waals surface area contributed by atoms with Crippen molar-refractivity contribution >= 4 is 12.4 Å². The molecule has 0 aliphatic heterocycles. The molecular formula is C32H33ClN4O4. The topological polar surface area (TPSA) is 103 Å². The predicted octanol–water partition coefficient (Wildman–Crippen LogP) is 6.44. The Hall–Kier alpha value is -4.43. The zero-order valence-electron chi connectivity index (χ0n) is 23.5. The zero-order chi connectivity index (χ0) is 28.2. The third-order valence-electron chi connectivity index (χ3n) is 6.65. The number of aromatic nitrogens is 4. The Morgan fingerprint density at radius 1 is 0.927 bits per heavy atom. The molecule has 8 nitrogen and oxygen atoms in total. The van der Waals surface area contributed by atoms with Crippen LogP contribution in [0.25, 0.3) is 33.6 Å². The van der Waals surface area contributed by atoms with Gasteiger partial charge >= 0.3 is 5.76 Å². The van der Waals surface area contributed by atoms with Gasteiger partial charge in [0.25, 0.3) is 5.56 Å². The van der Waals surface area contributed by atoms with Gasteiger partial charge in [0.1, 0.15) is 11.6 Å². The van der Waals surface area contributed by atoms with Crippen molar-refractivity contribution in [3.8, 4) is 39.4 Å². The van der Waals surface area contributed by atoms with E-state index < -0.39 is 5.76 Å². The lowest BCUT2D eigenvalue weighted by atomic mass is 9.98. The summed E-state index contributed by atoms with van der Waals surface area (Å²) in [6.45, 7) is 8.35. The molecule has 0 spiro atoms. The number of aryl methyl sites for hydroxylation is 2. The van der Waals surface area contributed by atoms with Crippen molar-refractivity contribution in [2.24, 2.45) is 0 Å². The van der Waals surface area contributed by atoms with Crippen molar-refractivity contribution in [3.05, 3.63) is 111 Å². The van der Waals surface area contributed by atoms with Crippen LogP contribution in [0.15, 0.2) is 86.9 Å². The van der Waals surface area contributed by atoms with Crippen molar-refractivity contribution in [3.63, 3.8) is 0 Å². The van der Waals surface area contributed by atoms with Crippen LogP contribution in [-0.4, -0.2) is 25.8 Å². The molecule has 3 aromatic carbocycles. The van der Waals surface area contributed by atoms with Gasteiger partial charge in [0, 0.05) is 12.0 Å². The Labute approximate surface area is 244 Å². The van der Waals surface area contributed by atoms with Crippen LogP contribution in [0.5, 0.6) is 5.75 Å². The summed E-state index contributed by atoms with van der Waals surface area (Å²) in [7, 11) is 0. The van der Waals surface area contributed by atoms with Crippen LogP contribution in [0.2, 0.25) is 0 Å². The molecule has 5 aromatic rings. The third-order valence-corrected chi connectivity index (χ3v) is 6.65. The lowest BCUT2D eigenvalue weighted by Gasteiger charge is -2.17. The Morgan fingerprint density at radius 3 is 2.20 bits per heavy atom. The molecule has 0 unspecified atom stereocenters. The highest BCUT2D eigenvalue weighted by molar-refractivity contribution is 5.85. The molecule has 2 aromatic heterocycles. The van der Waals surface area contributed by atoms with Crippen molar-refractivity contribution < 1.29 is 9.26 Å². The van der Waals surface area contributed by atoms with E-state index in [0.717, 1.165) is 51.5 Å². The maximum atomic E-state index is 13.9. The van der Waals surface area contributed by atoms with Gasteiger partial charge in [0.2, 0.25) is 0 Å². The lowest BCUT2D eigenvalue weighted by molar-refractivity contribution is 0.242. The van der Waals surface area contributed by atoms with Gasteiger partial charge in [-0.25, -0.2) is 9.78 Å². The minimum atomic E-state index is -0.598. The number of nitrogens with one attached hydrogen (secondary N) is 1. The van der Waals surface area contributed by atoms with Gasteiger partial charge < -0.3 is 4.74 Å². The Bertz CT molecular complexity index is 1740. The summed E-state index contributed by atoms with van der Waals surface area (Å²) in [5.41, 5.74) is 5.69. The van der Waals surface area contributed by atoms with Gasteiger partial charge in [-0.1, -0.05) is 72.7 Å². The number of halogens is 1. The van der Waals surface area contributed by atoms with Gasteiger partial charge in [-0.15, -0.1) is 12.4 Å². The summed E-state index contributed by atoms with van der Waals surface area (Å²) in [5.74, 6) is 1.32. The summed E-state index contributed by atoms with van der Waals surface area (Å²) in [6, 6.07) is 23.3. The number of rotatable bonds is 9. The normalized spacial score (nSPS) is 11.0. The van der Waals surface area contributed by atoms with Gasteiger partial charge in [-0.2, -0.15) is 0 Å². The van der Waals surface area contributed by atoms with Crippen molar-refractivity contribution in [1.82, 2.24) is 19.7 Å². The van der Waals surface area contributed by atoms with Crippen LogP contribution in [0.4, 0.5) is 0 Å². The van der Waals surface area contributed by atoms with E-state index >= 15 is 0 Å². The maximum Gasteiger partial charge on any atom is 0.439 e. The van der Waals surface area contributed by atoms with Crippen LogP contribution in [0.1, 0.15) is 44.3 Å². The molecule has 2 heterocycles. The molecule has 0 radical (unpaired) electrons. The van der Waals surface area contributed by atoms with E-state index in [9.17, 15) is 9.59 Å². The quantitative estimate of drug-likeness (QED) is 0.218. The predicted molar refractivity (Wildman–Crippen MR) is 163 cm³/mol. The van der Waals surface area contributed by atoms with E-state index in [4.69, 9.17) is 14.2 Å². The highest BCUT2D eigenvalue weighted by Crippen LogP contribution is 2.30. The first-order chi connectivity index (χ1) is 19.3.